The number of hydrogen-bond acceptors (Lipinski definition) is 7. The van der Waals surface area contributed by atoms with Gasteiger partial charge in [0.15, 0.2) is 5.03 Å². The number of anilines is 1. The lowest BCUT2D eigenvalue weighted by molar-refractivity contribution is 0.0981. The molecule has 0 saturated carbocycles. The van der Waals surface area contributed by atoms with Crippen molar-refractivity contribution in [1.29, 1.82) is 0 Å². The van der Waals surface area contributed by atoms with Crippen molar-refractivity contribution in [3.05, 3.63) is 66.1 Å². The van der Waals surface area contributed by atoms with E-state index in [1.807, 2.05) is 18.6 Å². The number of hydrogen-bond donors (Lipinski definition) is 2. The number of pyridine rings is 2. The monoisotopic (exact) mass is 444 g/mol. The zero-order chi connectivity index (χ0) is 22.6. The molecular weight excluding hydrogens is 423 g/mol. The van der Waals surface area contributed by atoms with Crippen LogP contribution in [0.5, 0.6) is 5.75 Å². The van der Waals surface area contributed by atoms with E-state index in [4.69, 9.17) is 10.5 Å². The number of sulfonamides is 1. The summed E-state index contributed by atoms with van der Waals surface area (Å²) in [4.78, 5) is 20.2. The number of nitrogen functional groups attached to an aromatic ring is 1. The molecule has 3 rings (SSSR count). The first kappa shape index (κ1) is 22.2. The second kappa shape index (κ2) is 9.09. The number of benzene rings is 1. The molecule has 162 valence electrons. The number of nitrogens with two attached hydrogens (primary N) is 1. The van der Waals surface area contributed by atoms with Gasteiger partial charge in [-0.15, -0.1) is 0 Å². The Labute approximate surface area is 179 Å². The summed E-state index contributed by atoms with van der Waals surface area (Å²) >= 11 is 0. The molecule has 3 aromatic rings. The summed E-state index contributed by atoms with van der Waals surface area (Å²) in [7, 11) is -4.20. The summed E-state index contributed by atoms with van der Waals surface area (Å²) in [6.45, 7) is 4.40. The number of ether oxygens (including phenoxy) is 1. The van der Waals surface area contributed by atoms with E-state index in [1.54, 1.807) is 6.07 Å². The van der Waals surface area contributed by atoms with Crippen molar-refractivity contribution in [2.24, 2.45) is 5.92 Å². The van der Waals surface area contributed by atoms with Crippen molar-refractivity contribution in [2.75, 3.05) is 12.3 Å². The molecule has 0 bridgehead atoms. The van der Waals surface area contributed by atoms with Gasteiger partial charge in [-0.3, -0.25) is 9.78 Å². The molecule has 1 aromatic carbocycles. The van der Waals surface area contributed by atoms with E-state index in [2.05, 4.69) is 9.97 Å². The number of aromatic nitrogens is 2. The van der Waals surface area contributed by atoms with E-state index in [0.29, 0.717) is 23.6 Å². The Morgan fingerprint density at radius 1 is 1.19 bits per heavy atom. The van der Waals surface area contributed by atoms with Crippen molar-refractivity contribution < 1.29 is 22.3 Å². The maximum absolute atomic E-state index is 14.0. The minimum absolute atomic E-state index is 0.00362. The third-order valence-electron chi connectivity index (χ3n) is 4.02. The van der Waals surface area contributed by atoms with Crippen LogP contribution in [-0.2, 0) is 10.0 Å². The Morgan fingerprint density at radius 3 is 2.61 bits per heavy atom. The van der Waals surface area contributed by atoms with Gasteiger partial charge in [-0.05, 0) is 42.3 Å². The van der Waals surface area contributed by atoms with Crippen LogP contribution in [0.3, 0.4) is 0 Å². The lowest BCUT2D eigenvalue weighted by Gasteiger charge is -2.11. The van der Waals surface area contributed by atoms with E-state index in [0.717, 1.165) is 0 Å². The summed E-state index contributed by atoms with van der Waals surface area (Å²) in [5, 5.41) is -0.376. The number of amides is 1. The van der Waals surface area contributed by atoms with Crippen LogP contribution in [0.2, 0.25) is 0 Å². The standard InChI is InChI=1S/C21H21FN4O4S/c1-13(2)12-30-17-9-15(8-16(22)10-17)18-7-6-14(11-24-18)21(27)26-31(28,29)20-5-3-4-19(23)25-20/h3-11,13H,12H2,1-2H3,(H2,23,25)(H,26,27). The summed E-state index contributed by atoms with van der Waals surface area (Å²) in [6.07, 6.45) is 1.20. The summed E-state index contributed by atoms with van der Waals surface area (Å²) in [5.41, 5.74) is 6.35. The average molecular weight is 444 g/mol. The molecule has 2 heterocycles. The van der Waals surface area contributed by atoms with Gasteiger partial charge in [0.05, 0.1) is 17.9 Å². The van der Waals surface area contributed by atoms with Crippen molar-refractivity contribution in [3.63, 3.8) is 0 Å². The number of nitrogens with one attached hydrogen (secondary N) is 1. The number of carbonyl (C=O) groups is 1. The minimum atomic E-state index is -4.20. The van der Waals surface area contributed by atoms with Crippen molar-refractivity contribution >= 4 is 21.7 Å². The van der Waals surface area contributed by atoms with Crippen molar-refractivity contribution in [3.8, 4) is 17.0 Å². The molecule has 0 aliphatic carbocycles. The summed E-state index contributed by atoms with van der Waals surface area (Å²) in [6, 6.07) is 11.1. The minimum Gasteiger partial charge on any atom is -0.493 e. The molecular formula is C21H21FN4O4S. The van der Waals surface area contributed by atoms with Crippen LogP contribution in [-0.4, -0.2) is 30.9 Å². The predicted molar refractivity (Wildman–Crippen MR) is 113 cm³/mol. The molecule has 1 amide bonds. The average Bonchev–Trinajstić information content (AvgIpc) is 2.71. The normalized spacial score (nSPS) is 11.4. The maximum Gasteiger partial charge on any atom is 0.281 e. The van der Waals surface area contributed by atoms with E-state index in [-0.39, 0.29) is 22.3 Å². The molecule has 0 aliphatic heterocycles. The molecule has 0 unspecified atom stereocenters. The highest BCUT2D eigenvalue weighted by Gasteiger charge is 2.20. The van der Waals surface area contributed by atoms with Gasteiger partial charge in [0.1, 0.15) is 17.4 Å². The van der Waals surface area contributed by atoms with Crippen LogP contribution in [0.25, 0.3) is 11.3 Å². The second-order valence-electron chi connectivity index (χ2n) is 7.15. The Bertz CT molecular complexity index is 1200. The summed E-state index contributed by atoms with van der Waals surface area (Å²) in [5.74, 6) is -0.716. The molecule has 0 aliphatic rings. The van der Waals surface area contributed by atoms with E-state index >= 15 is 0 Å². The fourth-order valence-corrected chi connectivity index (χ4v) is 3.52. The second-order valence-corrected chi connectivity index (χ2v) is 8.78. The molecule has 8 nitrogen and oxygen atoms in total. The van der Waals surface area contributed by atoms with Gasteiger partial charge >= 0.3 is 0 Å². The quantitative estimate of drug-likeness (QED) is 0.574. The lowest BCUT2D eigenvalue weighted by Crippen LogP contribution is -2.31. The Balaban J connectivity index is 1.78. The highest BCUT2D eigenvalue weighted by Crippen LogP contribution is 2.25. The highest BCUT2D eigenvalue weighted by atomic mass is 32.2. The number of halogens is 1. The molecule has 10 heteroatoms. The van der Waals surface area contributed by atoms with Crippen molar-refractivity contribution in [1.82, 2.24) is 14.7 Å². The van der Waals surface area contributed by atoms with Gasteiger partial charge < -0.3 is 10.5 Å². The topological polar surface area (TPSA) is 124 Å². The smallest absolute Gasteiger partial charge is 0.281 e. The summed E-state index contributed by atoms with van der Waals surface area (Å²) < 4.78 is 46.1. The van der Waals surface area contributed by atoms with E-state index in [1.165, 1.54) is 48.7 Å². The number of rotatable bonds is 7. The van der Waals surface area contributed by atoms with Crippen molar-refractivity contribution in [2.45, 2.75) is 18.9 Å². The highest BCUT2D eigenvalue weighted by molar-refractivity contribution is 7.90. The molecule has 0 saturated heterocycles. The van der Waals surface area contributed by atoms with Gasteiger partial charge in [-0.1, -0.05) is 19.9 Å². The maximum atomic E-state index is 14.0. The number of carbonyl (C=O) groups excluding carboxylic acids is 1. The third-order valence-corrected chi connectivity index (χ3v) is 5.26. The van der Waals surface area contributed by atoms with Gasteiger partial charge in [-0.2, -0.15) is 8.42 Å². The molecule has 3 N–H and O–H groups in total. The molecule has 2 aromatic heterocycles. The Kier molecular flexibility index (Phi) is 6.50. The zero-order valence-electron chi connectivity index (χ0n) is 16.9. The van der Waals surface area contributed by atoms with Gasteiger partial charge in [0.25, 0.3) is 15.9 Å². The Hall–Kier alpha value is -3.53. The molecule has 0 fully saturated rings. The first-order chi connectivity index (χ1) is 14.6. The largest absolute Gasteiger partial charge is 0.493 e. The van der Waals surface area contributed by atoms with Crippen LogP contribution >= 0.6 is 0 Å². The van der Waals surface area contributed by atoms with Crippen LogP contribution in [0, 0.1) is 11.7 Å². The van der Waals surface area contributed by atoms with Crippen LogP contribution < -0.4 is 15.2 Å². The fraction of sp³-hybridized carbons (Fsp3) is 0.190. The Morgan fingerprint density at radius 2 is 1.97 bits per heavy atom. The fourth-order valence-electron chi connectivity index (χ4n) is 2.57. The first-order valence-corrected chi connectivity index (χ1v) is 10.8. The SMILES string of the molecule is CC(C)COc1cc(F)cc(-c2ccc(C(=O)NS(=O)(=O)c3cccc(N)n3)cn2)c1. The predicted octanol–water partition coefficient (Wildman–Crippen LogP) is 3.02. The third kappa shape index (κ3) is 5.76. The van der Waals surface area contributed by atoms with Crippen LogP contribution in [0.15, 0.2) is 59.8 Å². The van der Waals surface area contributed by atoms with E-state index < -0.39 is 21.7 Å². The lowest BCUT2D eigenvalue weighted by atomic mass is 10.1. The molecule has 0 atom stereocenters. The molecule has 31 heavy (non-hydrogen) atoms. The van der Waals surface area contributed by atoms with Crippen LogP contribution in [0.1, 0.15) is 24.2 Å². The number of nitrogens with zero attached hydrogens (tertiary/aromatic N) is 2. The molecule has 0 spiro atoms. The van der Waals surface area contributed by atoms with E-state index in [9.17, 15) is 17.6 Å². The first-order valence-electron chi connectivity index (χ1n) is 9.33. The zero-order valence-corrected chi connectivity index (χ0v) is 17.7. The van der Waals surface area contributed by atoms with Gasteiger partial charge in [0.2, 0.25) is 0 Å². The van der Waals surface area contributed by atoms with Gasteiger partial charge in [0, 0.05) is 17.8 Å². The van der Waals surface area contributed by atoms with Gasteiger partial charge in [-0.25, -0.2) is 14.1 Å². The molecule has 0 radical (unpaired) electrons. The van der Waals surface area contributed by atoms with Crippen LogP contribution in [0.4, 0.5) is 10.2 Å².